The van der Waals surface area contributed by atoms with Crippen molar-refractivity contribution in [3.8, 4) is 11.3 Å². The van der Waals surface area contributed by atoms with Gasteiger partial charge in [-0.2, -0.15) is 0 Å². The quantitative estimate of drug-likeness (QED) is 0.249. The molecular formula is C30H32ClFN2O3S2. The summed E-state index contributed by atoms with van der Waals surface area (Å²) in [5, 5.41) is 1.26. The van der Waals surface area contributed by atoms with E-state index in [-0.39, 0.29) is 10.6 Å². The van der Waals surface area contributed by atoms with Crippen LogP contribution in [-0.2, 0) is 26.1 Å². The van der Waals surface area contributed by atoms with Crippen LogP contribution in [0.2, 0.25) is 5.02 Å². The number of nitrogens with zero attached hydrogens (tertiary/aromatic N) is 1. The maximum atomic E-state index is 15.2. The van der Waals surface area contributed by atoms with Gasteiger partial charge in [-0.3, -0.25) is 4.98 Å². The molecule has 4 aromatic rings. The zero-order valence-corrected chi connectivity index (χ0v) is 25.2. The molecular weight excluding hydrogens is 555 g/mol. The Labute approximate surface area is 240 Å². The molecule has 1 aliphatic rings. The average molecular weight is 587 g/mol. The molecule has 0 aliphatic carbocycles. The van der Waals surface area contributed by atoms with Gasteiger partial charge < -0.3 is 9.47 Å². The van der Waals surface area contributed by atoms with Crippen LogP contribution in [0.4, 0.5) is 4.39 Å². The van der Waals surface area contributed by atoms with E-state index in [0.29, 0.717) is 6.61 Å². The molecule has 1 saturated heterocycles. The molecule has 1 aliphatic heterocycles. The minimum absolute atomic E-state index is 0.277. The van der Waals surface area contributed by atoms with Gasteiger partial charge >= 0.3 is 0 Å². The zero-order chi connectivity index (χ0) is 28.2. The van der Waals surface area contributed by atoms with Gasteiger partial charge in [-0.1, -0.05) is 35.9 Å². The highest BCUT2D eigenvalue weighted by atomic mass is 35.5. The van der Waals surface area contributed by atoms with Crippen molar-refractivity contribution < 1.29 is 18.1 Å². The Bertz CT molecular complexity index is 1550. The molecule has 2 aromatic heterocycles. The summed E-state index contributed by atoms with van der Waals surface area (Å²) >= 11 is 8.01. The molecule has 0 bridgehead atoms. The molecule has 0 amide bonds. The van der Waals surface area contributed by atoms with E-state index >= 15 is 4.39 Å². The van der Waals surface area contributed by atoms with Gasteiger partial charge in [0.1, 0.15) is 11.4 Å². The van der Waals surface area contributed by atoms with Gasteiger partial charge in [0.15, 0.2) is 5.79 Å². The number of fused-ring (bicyclic) bond motifs is 1. The third-order valence-corrected chi connectivity index (χ3v) is 9.87. The standard InChI is InChI=1S/C30H32ClFN2O3S2/c1-28(2,3)39(35)34-26(25-21(31)11-8-12-22(25)32)24-15-18-9-7-10-20(27(18)38-24)23-16-19(13-14-33-23)30(6)17-36-29(4,5)37-30/h7-16,26,34H,17H2,1-6H3/t26?,30-,39?/m1/s1. The summed E-state index contributed by atoms with van der Waals surface area (Å²) in [4.78, 5) is 5.49. The highest BCUT2D eigenvalue weighted by Crippen LogP contribution is 2.43. The monoisotopic (exact) mass is 586 g/mol. The van der Waals surface area contributed by atoms with Crippen LogP contribution in [0.5, 0.6) is 0 Å². The van der Waals surface area contributed by atoms with Crippen molar-refractivity contribution in [1.82, 2.24) is 9.71 Å². The third kappa shape index (κ3) is 5.69. The molecule has 2 aromatic carbocycles. The molecule has 39 heavy (non-hydrogen) atoms. The number of nitrogens with one attached hydrogen (secondary N) is 1. The highest BCUT2D eigenvalue weighted by Gasteiger charge is 2.43. The lowest BCUT2D eigenvalue weighted by Crippen LogP contribution is -2.36. The van der Waals surface area contributed by atoms with Crippen molar-refractivity contribution in [3.63, 3.8) is 0 Å². The van der Waals surface area contributed by atoms with E-state index in [1.54, 1.807) is 18.3 Å². The molecule has 206 valence electrons. The highest BCUT2D eigenvalue weighted by molar-refractivity contribution is 7.84. The zero-order valence-electron chi connectivity index (χ0n) is 22.8. The maximum Gasteiger partial charge on any atom is 0.164 e. The first-order chi connectivity index (χ1) is 18.3. The normalized spacial score (nSPS) is 20.8. The lowest BCUT2D eigenvalue weighted by molar-refractivity contribution is -0.159. The molecule has 1 N–H and O–H groups in total. The van der Waals surface area contributed by atoms with Gasteiger partial charge in [0.25, 0.3) is 0 Å². The number of aromatic nitrogens is 1. The first-order valence-electron chi connectivity index (χ1n) is 12.7. The van der Waals surface area contributed by atoms with Crippen LogP contribution in [-0.4, -0.2) is 26.3 Å². The molecule has 5 nitrogen and oxygen atoms in total. The third-order valence-electron chi connectivity index (χ3n) is 6.73. The van der Waals surface area contributed by atoms with Gasteiger partial charge in [-0.25, -0.2) is 13.3 Å². The van der Waals surface area contributed by atoms with Crippen molar-refractivity contribution >= 4 is 44.0 Å². The first-order valence-corrected chi connectivity index (χ1v) is 15.1. The number of rotatable bonds is 6. The van der Waals surface area contributed by atoms with E-state index in [1.807, 2.05) is 77.9 Å². The smallest absolute Gasteiger partial charge is 0.164 e. The van der Waals surface area contributed by atoms with E-state index in [4.69, 9.17) is 21.1 Å². The van der Waals surface area contributed by atoms with Crippen molar-refractivity contribution in [3.05, 3.63) is 87.6 Å². The van der Waals surface area contributed by atoms with Gasteiger partial charge in [-0.05, 0) is 82.8 Å². The lowest BCUT2D eigenvalue weighted by Gasteiger charge is -2.25. The van der Waals surface area contributed by atoms with Crippen LogP contribution in [0, 0.1) is 5.82 Å². The van der Waals surface area contributed by atoms with Crippen LogP contribution in [0.25, 0.3) is 21.3 Å². The number of pyridine rings is 1. The SMILES string of the molecule is CC1(C)OC[C@](C)(c2ccnc(-c3cccc4cc(C(NS(=O)C(C)(C)C)c5c(F)cccc5Cl)sc34)c2)O1. The van der Waals surface area contributed by atoms with E-state index in [0.717, 1.165) is 31.8 Å². The number of ether oxygens (including phenoxy) is 2. The summed E-state index contributed by atoms with van der Waals surface area (Å²) in [7, 11) is -1.47. The molecule has 0 radical (unpaired) electrons. The summed E-state index contributed by atoms with van der Waals surface area (Å²) < 4.78 is 44.1. The van der Waals surface area contributed by atoms with E-state index < -0.39 is 39.0 Å². The minimum atomic E-state index is -1.47. The first kappa shape index (κ1) is 28.3. The van der Waals surface area contributed by atoms with Gasteiger partial charge in [0.2, 0.25) is 0 Å². The number of benzene rings is 2. The van der Waals surface area contributed by atoms with Crippen molar-refractivity contribution in [1.29, 1.82) is 0 Å². The molecule has 3 heterocycles. The fraction of sp³-hybridized carbons (Fsp3) is 0.367. The molecule has 2 unspecified atom stereocenters. The molecule has 9 heteroatoms. The van der Waals surface area contributed by atoms with Crippen LogP contribution in [0.3, 0.4) is 0 Å². The topological polar surface area (TPSA) is 60.5 Å². The predicted molar refractivity (Wildman–Crippen MR) is 158 cm³/mol. The summed E-state index contributed by atoms with van der Waals surface area (Å²) in [5.41, 5.74) is 2.41. The van der Waals surface area contributed by atoms with Crippen molar-refractivity contribution in [2.45, 2.75) is 63.7 Å². The lowest BCUT2D eigenvalue weighted by atomic mass is 9.96. The second-order valence-electron chi connectivity index (χ2n) is 11.4. The summed E-state index contributed by atoms with van der Waals surface area (Å²) in [6.07, 6.45) is 1.79. The average Bonchev–Trinajstić information content (AvgIpc) is 3.43. The fourth-order valence-electron chi connectivity index (χ4n) is 4.72. The van der Waals surface area contributed by atoms with Crippen LogP contribution in [0.15, 0.2) is 60.8 Å². The van der Waals surface area contributed by atoms with Crippen molar-refractivity contribution in [2.24, 2.45) is 0 Å². The Morgan fingerprint density at radius 1 is 1.13 bits per heavy atom. The molecule has 1 fully saturated rings. The van der Waals surface area contributed by atoms with Crippen LogP contribution in [0.1, 0.15) is 63.6 Å². The Kier molecular flexibility index (Phi) is 7.50. The van der Waals surface area contributed by atoms with Crippen molar-refractivity contribution in [2.75, 3.05) is 6.61 Å². The van der Waals surface area contributed by atoms with Crippen LogP contribution < -0.4 is 4.72 Å². The largest absolute Gasteiger partial charge is 0.347 e. The Hall–Kier alpha value is -2.20. The number of hydrogen-bond donors (Lipinski definition) is 1. The van der Waals surface area contributed by atoms with Crippen LogP contribution >= 0.6 is 22.9 Å². The summed E-state index contributed by atoms with van der Waals surface area (Å²) in [6, 6.07) is 15.9. The Balaban J connectivity index is 1.61. The molecule has 0 spiro atoms. The molecule has 0 saturated carbocycles. The number of halogens is 2. The van der Waals surface area contributed by atoms with E-state index in [9.17, 15) is 4.21 Å². The summed E-state index contributed by atoms with van der Waals surface area (Å²) in [6.45, 7) is 11.9. The van der Waals surface area contributed by atoms with E-state index in [1.165, 1.54) is 17.4 Å². The second-order valence-corrected chi connectivity index (χ2v) is 14.9. The molecule has 3 atom stereocenters. The minimum Gasteiger partial charge on any atom is -0.347 e. The van der Waals surface area contributed by atoms with Gasteiger partial charge in [0, 0.05) is 31.9 Å². The number of thiophene rings is 1. The Morgan fingerprint density at radius 3 is 2.54 bits per heavy atom. The summed E-state index contributed by atoms with van der Waals surface area (Å²) in [5.74, 6) is -1.11. The molecule has 5 rings (SSSR count). The second kappa shape index (κ2) is 10.3. The van der Waals surface area contributed by atoms with E-state index in [2.05, 4.69) is 9.71 Å². The Morgan fingerprint density at radius 2 is 1.87 bits per heavy atom. The maximum absolute atomic E-state index is 15.2. The van der Waals surface area contributed by atoms with Gasteiger partial charge in [-0.15, -0.1) is 11.3 Å². The van der Waals surface area contributed by atoms with Gasteiger partial charge in [0.05, 0.1) is 34.1 Å². The fourth-order valence-corrected chi connectivity index (χ4v) is 7.12. The predicted octanol–water partition coefficient (Wildman–Crippen LogP) is 7.90. The number of hydrogen-bond acceptors (Lipinski definition) is 5.